The van der Waals surface area contributed by atoms with Crippen LogP contribution in [0.25, 0.3) is 0 Å². The van der Waals surface area contributed by atoms with Crippen molar-refractivity contribution in [1.29, 1.82) is 0 Å². The molecule has 3 heterocycles. The number of hydrogen-bond donors (Lipinski definition) is 4. The second-order valence-corrected chi connectivity index (χ2v) is 8.48. The highest BCUT2D eigenvalue weighted by atomic mass is 16.2. The summed E-state index contributed by atoms with van der Waals surface area (Å²) in [5.74, 6) is -1.54. The predicted octanol–water partition coefficient (Wildman–Crippen LogP) is 1.14. The van der Waals surface area contributed by atoms with Gasteiger partial charge in [0.25, 0.3) is 11.8 Å². The molecule has 1 atom stereocenters. The molecule has 12 nitrogen and oxygen atoms in total. The molecule has 35 heavy (non-hydrogen) atoms. The minimum Gasteiger partial charge on any atom is -0.384 e. The number of carbonyl (C=O) groups excluding carboxylic acids is 5. The van der Waals surface area contributed by atoms with Crippen molar-refractivity contribution in [3.8, 4) is 0 Å². The van der Waals surface area contributed by atoms with Gasteiger partial charge < -0.3 is 10.6 Å². The average Bonchev–Trinajstić information content (AvgIpc) is 3.26. The van der Waals surface area contributed by atoms with Crippen LogP contribution < -0.4 is 21.3 Å². The van der Waals surface area contributed by atoms with Gasteiger partial charge in [0.15, 0.2) is 0 Å². The lowest BCUT2D eigenvalue weighted by Crippen LogP contribution is -2.54. The molecule has 4 N–H and O–H groups in total. The van der Waals surface area contributed by atoms with Crippen LogP contribution in [0.15, 0.2) is 24.3 Å². The van der Waals surface area contributed by atoms with Crippen molar-refractivity contribution in [3.05, 3.63) is 41.1 Å². The zero-order valence-electron chi connectivity index (χ0n) is 19.5. The molecule has 1 fully saturated rings. The summed E-state index contributed by atoms with van der Waals surface area (Å²) in [7, 11) is 1.75. The lowest BCUT2D eigenvalue weighted by Gasteiger charge is -2.27. The maximum atomic E-state index is 13.1. The first-order valence-electron chi connectivity index (χ1n) is 11.4. The van der Waals surface area contributed by atoms with Gasteiger partial charge in [-0.1, -0.05) is 6.07 Å². The van der Waals surface area contributed by atoms with E-state index in [4.69, 9.17) is 0 Å². The molecular weight excluding hydrogens is 454 g/mol. The summed E-state index contributed by atoms with van der Waals surface area (Å²) in [4.78, 5) is 62.6. The SMILES string of the molecule is Cc1cc(NC(=O)NCCCCNc2cccc3c2C(=O)N(C2CCC(=O)NC2=O)C3=O)n(C)n1. The lowest BCUT2D eigenvalue weighted by molar-refractivity contribution is -0.136. The van der Waals surface area contributed by atoms with Gasteiger partial charge in [0.1, 0.15) is 11.9 Å². The fraction of sp³-hybridized carbons (Fsp3) is 0.391. The Morgan fingerprint density at radius 3 is 2.63 bits per heavy atom. The Bertz CT molecular complexity index is 1200. The number of amides is 6. The third-order valence-corrected chi connectivity index (χ3v) is 5.92. The van der Waals surface area contributed by atoms with Crippen molar-refractivity contribution in [1.82, 2.24) is 25.3 Å². The number of rotatable bonds is 8. The number of aryl methyl sites for hydroxylation is 2. The Morgan fingerprint density at radius 2 is 1.91 bits per heavy atom. The van der Waals surface area contributed by atoms with Crippen molar-refractivity contribution >= 4 is 41.2 Å². The van der Waals surface area contributed by atoms with Gasteiger partial charge in [0.05, 0.1) is 16.8 Å². The average molecular weight is 482 g/mol. The van der Waals surface area contributed by atoms with Crippen LogP contribution in [0.4, 0.5) is 16.3 Å². The van der Waals surface area contributed by atoms with Crippen molar-refractivity contribution in [2.45, 2.75) is 38.6 Å². The number of hydrogen-bond acceptors (Lipinski definition) is 7. The van der Waals surface area contributed by atoms with Crippen molar-refractivity contribution < 1.29 is 24.0 Å². The molecule has 0 spiro atoms. The molecule has 2 aliphatic rings. The first kappa shape index (κ1) is 23.9. The standard InChI is InChI=1S/C23H27N7O5/c1-13-12-17(29(2)28-13)26-23(35)25-11-4-3-10-24-15-7-5-6-14-19(15)22(34)30(21(14)33)16-8-9-18(31)27-20(16)32/h5-7,12,16,24H,3-4,8-11H2,1-2H3,(H2,25,26,35)(H,27,31,32). The minimum atomic E-state index is -1.000. The summed E-state index contributed by atoms with van der Waals surface area (Å²) in [5, 5.41) is 15.1. The fourth-order valence-electron chi connectivity index (χ4n) is 4.23. The molecular formula is C23H27N7O5. The third-order valence-electron chi connectivity index (χ3n) is 5.92. The van der Waals surface area contributed by atoms with Crippen molar-refractivity contribution in [2.75, 3.05) is 23.7 Å². The molecule has 0 aliphatic carbocycles. The number of unbranched alkanes of at least 4 members (excludes halogenated alkanes) is 1. The quantitative estimate of drug-likeness (QED) is 0.326. The van der Waals surface area contributed by atoms with Gasteiger partial charge in [-0.15, -0.1) is 0 Å². The minimum absolute atomic E-state index is 0.0721. The highest BCUT2D eigenvalue weighted by Crippen LogP contribution is 2.32. The zero-order valence-corrected chi connectivity index (χ0v) is 19.5. The van der Waals surface area contributed by atoms with E-state index in [0.717, 1.165) is 10.6 Å². The molecule has 0 bridgehead atoms. The number of nitrogens with one attached hydrogen (secondary N) is 4. The van der Waals surface area contributed by atoms with E-state index in [1.54, 1.807) is 36.0 Å². The number of anilines is 2. The number of piperidine rings is 1. The van der Waals surface area contributed by atoms with Gasteiger partial charge in [0.2, 0.25) is 11.8 Å². The molecule has 4 rings (SSSR count). The molecule has 1 aromatic carbocycles. The summed E-state index contributed by atoms with van der Waals surface area (Å²) in [6.07, 6.45) is 1.57. The van der Waals surface area contributed by atoms with Crippen molar-refractivity contribution in [3.63, 3.8) is 0 Å². The predicted molar refractivity (Wildman–Crippen MR) is 126 cm³/mol. The number of aromatic nitrogens is 2. The van der Waals surface area contributed by atoms with E-state index in [1.165, 1.54) is 0 Å². The molecule has 2 aromatic rings. The highest BCUT2D eigenvalue weighted by Gasteiger charge is 2.45. The number of imide groups is 2. The van der Waals surface area contributed by atoms with Crippen molar-refractivity contribution in [2.24, 2.45) is 7.05 Å². The molecule has 6 amide bonds. The van der Waals surface area contributed by atoms with Gasteiger partial charge in [-0.3, -0.25) is 39.4 Å². The Labute approximate surface area is 201 Å². The molecule has 184 valence electrons. The summed E-state index contributed by atoms with van der Waals surface area (Å²) in [6, 6.07) is 5.39. The largest absolute Gasteiger partial charge is 0.384 e. The number of benzene rings is 1. The second-order valence-electron chi connectivity index (χ2n) is 8.48. The molecule has 1 aromatic heterocycles. The molecule has 1 unspecified atom stereocenters. The van der Waals surface area contributed by atoms with Gasteiger partial charge in [-0.2, -0.15) is 5.10 Å². The Kier molecular flexibility index (Phi) is 6.80. The summed E-state index contributed by atoms with van der Waals surface area (Å²) in [6.45, 7) is 2.81. The number of urea groups is 1. The van der Waals surface area contributed by atoms with E-state index in [9.17, 15) is 24.0 Å². The number of carbonyl (C=O) groups is 5. The van der Waals surface area contributed by atoms with E-state index in [2.05, 4.69) is 26.4 Å². The van der Waals surface area contributed by atoms with E-state index in [1.807, 2.05) is 6.92 Å². The highest BCUT2D eigenvalue weighted by molar-refractivity contribution is 6.25. The maximum absolute atomic E-state index is 13.1. The van der Waals surface area contributed by atoms with E-state index in [-0.39, 0.29) is 30.0 Å². The van der Waals surface area contributed by atoms with E-state index in [0.29, 0.717) is 37.4 Å². The van der Waals surface area contributed by atoms with Crippen LogP contribution in [0.5, 0.6) is 0 Å². The Hall–Kier alpha value is -4.22. The van der Waals surface area contributed by atoms with E-state index >= 15 is 0 Å². The molecule has 0 saturated carbocycles. The molecule has 0 radical (unpaired) electrons. The topological polar surface area (TPSA) is 155 Å². The van der Waals surface area contributed by atoms with Crippen LogP contribution in [0.2, 0.25) is 0 Å². The molecule has 2 aliphatic heterocycles. The van der Waals surface area contributed by atoms with Crippen LogP contribution in [0.1, 0.15) is 52.1 Å². The maximum Gasteiger partial charge on any atom is 0.320 e. The Morgan fingerprint density at radius 1 is 1.14 bits per heavy atom. The first-order chi connectivity index (χ1) is 16.8. The van der Waals surface area contributed by atoms with Gasteiger partial charge in [0, 0.05) is 38.3 Å². The first-order valence-corrected chi connectivity index (χ1v) is 11.4. The van der Waals surface area contributed by atoms with Crippen LogP contribution in [-0.4, -0.2) is 63.5 Å². The number of nitrogens with zero attached hydrogens (tertiary/aromatic N) is 3. The smallest absolute Gasteiger partial charge is 0.320 e. The summed E-state index contributed by atoms with van der Waals surface area (Å²) in [5.41, 5.74) is 1.77. The van der Waals surface area contributed by atoms with Gasteiger partial charge in [-0.05, 0) is 38.3 Å². The summed E-state index contributed by atoms with van der Waals surface area (Å²) >= 11 is 0. The van der Waals surface area contributed by atoms with Crippen LogP contribution in [-0.2, 0) is 16.6 Å². The number of fused-ring (bicyclic) bond motifs is 1. The van der Waals surface area contributed by atoms with Crippen LogP contribution in [0, 0.1) is 6.92 Å². The lowest BCUT2D eigenvalue weighted by atomic mass is 10.0. The second kappa shape index (κ2) is 9.95. The Balaban J connectivity index is 1.27. The van der Waals surface area contributed by atoms with Crippen LogP contribution in [0.3, 0.4) is 0 Å². The summed E-state index contributed by atoms with van der Waals surface area (Å²) < 4.78 is 1.59. The zero-order chi connectivity index (χ0) is 25.1. The van der Waals surface area contributed by atoms with Crippen LogP contribution >= 0.6 is 0 Å². The van der Waals surface area contributed by atoms with E-state index < -0.39 is 29.7 Å². The van der Waals surface area contributed by atoms with Gasteiger partial charge in [-0.25, -0.2) is 4.79 Å². The fourth-order valence-corrected chi connectivity index (χ4v) is 4.23. The third kappa shape index (κ3) is 5.00. The molecule has 12 heteroatoms. The van der Waals surface area contributed by atoms with Gasteiger partial charge >= 0.3 is 6.03 Å². The normalized spacial score (nSPS) is 17.3. The molecule has 1 saturated heterocycles. The monoisotopic (exact) mass is 481 g/mol.